The molecule has 2 rings (SSSR count). The lowest BCUT2D eigenvalue weighted by Crippen LogP contribution is -2.07. The average Bonchev–Trinajstić information content (AvgIpc) is 2.80. The molecule has 88 valence electrons. The highest BCUT2D eigenvalue weighted by atomic mass is 16.3. The summed E-state index contributed by atoms with van der Waals surface area (Å²) in [6, 6.07) is 0. The molecular weight excluding hydrogens is 196 g/mol. The van der Waals surface area contributed by atoms with Gasteiger partial charge < -0.3 is 5.11 Å². The van der Waals surface area contributed by atoms with Gasteiger partial charge in [-0.05, 0) is 51.4 Å². The third kappa shape index (κ3) is 3.08. The summed E-state index contributed by atoms with van der Waals surface area (Å²) in [6.07, 6.45) is 16.1. The molecule has 0 fully saturated rings. The van der Waals surface area contributed by atoms with Crippen molar-refractivity contribution in [3.8, 4) is 0 Å². The Bertz CT molecular complexity index is 320. The quantitative estimate of drug-likeness (QED) is 0.715. The summed E-state index contributed by atoms with van der Waals surface area (Å²) in [5.41, 5.74) is 3.10. The van der Waals surface area contributed by atoms with Gasteiger partial charge in [-0.15, -0.1) is 0 Å². The van der Waals surface area contributed by atoms with Gasteiger partial charge >= 0.3 is 0 Å². The minimum Gasteiger partial charge on any atom is -0.389 e. The number of hydrogen-bond donors (Lipinski definition) is 1. The Hall–Kier alpha value is -0.820. The maximum Gasteiger partial charge on any atom is 0.0695 e. The van der Waals surface area contributed by atoms with E-state index < -0.39 is 0 Å². The molecule has 0 amide bonds. The van der Waals surface area contributed by atoms with Crippen molar-refractivity contribution in [2.45, 2.75) is 51.6 Å². The Morgan fingerprint density at radius 1 is 1.38 bits per heavy atom. The van der Waals surface area contributed by atoms with Gasteiger partial charge in [-0.1, -0.05) is 35.5 Å². The smallest absolute Gasteiger partial charge is 0.0695 e. The van der Waals surface area contributed by atoms with Gasteiger partial charge in [0.2, 0.25) is 0 Å². The van der Waals surface area contributed by atoms with Crippen LogP contribution in [-0.2, 0) is 0 Å². The molecule has 2 aliphatic rings. The van der Waals surface area contributed by atoms with Crippen LogP contribution in [0.25, 0.3) is 0 Å². The lowest BCUT2D eigenvalue weighted by atomic mass is 9.84. The lowest BCUT2D eigenvalue weighted by Gasteiger charge is -2.22. The van der Waals surface area contributed by atoms with Gasteiger partial charge in [0.1, 0.15) is 0 Å². The van der Waals surface area contributed by atoms with Gasteiger partial charge in [0.25, 0.3) is 0 Å². The number of aliphatic hydroxyl groups is 1. The number of allylic oxidation sites excluding steroid dienone is 5. The van der Waals surface area contributed by atoms with E-state index in [9.17, 15) is 5.11 Å². The molecule has 0 aromatic carbocycles. The molecule has 0 aromatic heterocycles. The van der Waals surface area contributed by atoms with E-state index in [2.05, 4.69) is 18.2 Å². The van der Waals surface area contributed by atoms with Crippen molar-refractivity contribution < 1.29 is 5.11 Å². The zero-order valence-electron chi connectivity index (χ0n) is 10.2. The molecule has 0 radical (unpaired) electrons. The minimum absolute atomic E-state index is 0.323. The van der Waals surface area contributed by atoms with E-state index in [1.165, 1.54) is 44.1 Å². The van der Waals surface area contributed by atoms with Gasteiger partial charge in [0, 0.05) is 0 Å². The zero-order chi connectivity index (χ0) is 11.4. The van der Waals surface area contributed by atoms with Crippen molar-refractivity contribution in [1.29, 1.82) is 0 Å². The first-order valence-corrected chi connectivity index (χ1v) is 6.50. The second kappa shape index (κ2) is 5.49. The Labute approximate surface area is 98.6 Å². The molecule has 0 heterocycles. The molecule has 2 unspecified atom stereocenters. The molecule has 2 atom stereocenters. The van der Waals surface area contributed by atoms with Crippen molar-refractivity contribution in [2.75, 3.05) is 0 Å². The highest BCUT2D eigenvalue weighted by molar-refractivity contribution is 5.25. The summed E-state index contributed by atoms with van der Waals surface area (Å²) in [6.45, 7) is 1.80. The van der Waals surface area contributed by atoms with Crippen molar-refractivity contribution in [3.05, 3.63) is 35.5 Å². The van der Waals surface area contributed by atoms with Gasteiger partial charge in [0.15, 0.2) is 0 Å². The molecule has 1 nitrogen and oxygen atoms in total. The normalized spacial score (nSPS) is 28.0. The summed E-state index contributed by atoms with van der Waals surface area (Å²) >= 11 is 0. The second-order valence-electron chi connectivity index (χ2n) is 5.02. The monoisotopic (exact) mass is 218 g/mol. The molecule has 16 heavy (non-hydrogen) atoms. The van der Waals surface area contributed by atoms with Crippen molar-refractivity contribution in [1.82, 2.24) is 0 Å². The van der Waals surface area contributed by atoms with E-state index in [1.54, 1.807) is 12.5 Å². The molecule has 0 saturated carbocycles. The number of rotatable bonds is 3. The maximum atomic E-state index is 9.18. The Kier molecular flexibility index (Phi) is 4.00. The van der Waals surface area contributed by atoms with E-state index in [0.717, 1.165) is 5.92 Å². The first-order chi connectivity index (χ1) is 7.75. The predicted molar refractivity (Wildman–Crippen MR) is 68.2 cm³/mol. The standard InChI is InChI=1S/C15H22O/c1-12(16)6-7-13-8-10-15(11-9-13)14-4-2-3-5-14/h4,6-8,12,15-16H,2-3,5,9-11H2,1H3/b7-6+. The fourth-order valence-electron chi connectivity index (χ4n) is 2.67. The van der Waals surface area contributed by atoms with Crippen molar-refractivity contribution >= 4 is 0 Å². The Morgan fingerprint density at radius 2 is 2.25 bits per heavy atom. The van der Waals surface area contributed by atoms with Crippen LogP contribution in [0.15, 0.2) is 35.5 Å². The predicted octanol–water partition coefficient (Wildman–Crippen LogP) is 3.76. The van der Waals surface area contributed by atoms with E-state index in [4.69, 9.17) is 0 Å². The maximum absolute atomic E-state index is 9.18. The first kappa shape index (κ1) is 11.7. The first-order valence-electron chi connectivity index (χ1n) is 6.50. The van der Waals surface area contributed by atoms with Gasteiger partial charge in [0.05, 0.1) is 6.10 Å². The molecule has 2 aliphatic carbocycles. The highest BCUT2D eigenvalue weighted by Crippen LogP contribution is 2.35. The van der Waals surface area contributed by atoms with Crippen molar-refractivity contribution in [3.63, 3.8) is 0 Å². The second-order valence-corrected chi connectivity index (χ2v) is 5.02. The third-order valence-corrected chi connectivity index (χ3v) is 3.64. The summed E-state index contributed by atoms with van der Waals surface area (Å²) in [4.78, 5) is 0. The topological polar surface area (TPSA) is 20.2 Å². The van der Waals surface area contributed by atoms with Crippen LogP contribution in [0.3, 0.4) is 0 Å². The van der Waals surface area contributed by atoms with Crippen LogP contribution in [-0.4, -0.2) is 11.2 Å². The van der Waals surface area contributed by atoms with Crippen LogP contribution in [0.2, 0.25) is 0 Å². The molecular formula is C15H22O. The summed E-state index contributed by atoms with van der Waals surface area (Å²) < 4.78 is 0. The fraction of sp³-hybridized carbons (Fsp3) is 0.600. The molecule has 0 spiro atoms. The van der Waals surface area contributed by atoms with E-state index >= 15 is 0 Å². The summed E-state index contributed by atoms with van der Waals surface area (Å²) in [5.74, 6) is 0.811. The third-order valence-electron chi connectivity index (χ3n) is 3.64. The van der Waals surface area contributed by atoms with Crippen LogP contribution in [0.5, 0.6) is 0 Å². The zero-order valence-corrected chi connectivity index (χ0v) is 10.2. The van der Waals surface area contributed by atoms with Crippen LogP contribution in [0, 0.1) is 5.92 Å². The van der Waals surface area contributed by atoms with E-state index in [0.29, 0.717) is 0 Å². The summed E-state index contributed by atoms with van der Waals surface area (Å²) in [5, 5.41) is 9.18. The van der Waals surface area contributed by atoms with E-state index in [1.807, 2.05) is 6.08 Å². The SMILES string of the molecule is CC(O)/C=C/C1=CCC(C2=CCCC2)CC1. The van der Waals surface area contributed by atoms with Gasteiger partial charge in [-0.3, -0.25) is 0 Å². The molecule has 0 aliphatic heterocycles. The van der Waals surface area contributed by atoms with E-state index in [-0.39, 0.29) is 6.10 Å². The largest absolute Gasteiger partial charge is 0.389 e. The fourth-order valence-corrected chi connectivity index (χ4v) is 2.67. The molecule has 0 saturated heterocycles. The number of hydrogen-bond acceptors (Lipinski definition) is 1. The van der Waals surface area contributed by atoms with Gasteiger partial charge in [-0.25, -0.2) is 0 Å². The van der Waals surface area contributed by atoms with Crippen LogP contribution in [0.1, 0.15) is 45.4 Å². The molecule has 0 aromatic rings. The van der Waals surface area contributed by atoms with Crippen molar-refractivity contribution in [2.24, 2.45) is 5.92 Å². The molecule has 1 heteroatoms. The number of aliphatic hydroxyl groups excluding tert-OH is 1. The van der Waals surface area contributed by atoms with Crippen LogP contribution < -0.4 is 0 Å². The highest BCUT2D eigenvalue weighted by Gasteiger charge is 2.19. The lowest BCUT2D eigenvalue weighted by molar-refractivity contribution is 0.244. The average molecular weight is 218 g/mol. The van der Waals surface area contributed by atoms with Gasteiger partial charge in [-0.2, -0.15) is 0 Å². The molecule has 0 bridgehead atoms. The summed E-state index contributed by atoms with van der Waals surface area (Å²) in [7, 11) is 0. The molecule has 1 N–H and O–H groups in total. The van der Waals surface area contributed by atoms with Crippen LogP contribution >= 0.6 is 0 Å². The Morgan fingerprint density at radius 3 is 2.81 bits per heavy atom. The van der Waals surface area contributed by atoms with Crippen LogP contribution in [0.4, 0.5) is 0 Å². The Balaban J connectivity index is 1.89. The minimum atomic E-state index is -0.323.